The number of halogens is 5. The molecule has 3 N–H and O–H groups in total. The molecule has 0 spiro atoms. The molecule has 0 fully saturated rings. The Morgan fingerprint density at radius 3 is 1.71 bits per heavy atom. The molecule has 0 aromatic heterocycles. The average molecular weight is 560 g/mol. The van der Waals surface area contributed by atoms with Crippen LogP contribution in [0.15, 0.2) is 22.4 Å². The van der Waals surface area contributed by atoms with Crippen molar-refractivity contribution in [1.29, 1.82) is 0 Å². The van der Waals surface area contributed by atoms with Gasteiger partial charge in [-0.25, -0.2) is 0 Å². The number of benzene rings is 1. The summed E-state index contributed by atoms with van der Waals surface area (Å²) in [5.41, 5.74) is 6.33. The van der Waals surface area contributed by atoms with Crippen LogP contribution in [0.2, 0.25) is 0 Å². The van der Waals surface area contributed by atoms with Gasteiger partial charge in [-0.1, -0.05) is 0 Å². The van der Waals surface area contributed by atoms with E-state index < -0.39 is 12.0 Å². The lowest BCUT2D eigenvalue weighted by Crippen LogP contribution is -2.32. The largest absolute Gasteiger partial charge is 0.480 e. The zero-order valence-electron chi connectivity index (χ0n) is 8.11. The van der Waals surface area contributed by atoms with Crippen molar-refractivity contribution >= 4 is 85.6 Å². The van der Waals surface area contributed by atoms with E-state index in [1.807, 2.05) is 0 Å². The highest BCUT2D eigenvalue weighted by molar-refractivity contribution is 9.15. The van der Waals surface area contributed by atoms with E-state index >= 15 is 0 Å². The lowest BCUT2D eigenvalue weighted by Gasteiger charge is -2.15. The molecule has 0 saturated heterocycles. The molecule has 1 atom stereocenters. The van der Waals surface area contributed by atoms with Crippen molar-refractivity contribution in [1.82, 2.24) is 0 Å². The van der Waals surface area contributed by atoms with Crippen molar-refractivity contribution in [3.05, 3.63) is 27.9 Å². The number of carboxylic acids is 1. The van der Waals surface area contributed by atoms with E-state index in [2.05, 4.69) is 79.6 Å². The lowest BCUT2D eigenvalue weighted by molar-refractivity contribution is -0.138. The Kier molecular flexibility index (Phi) is 6.13. The summed E-state index contributed by atoms with van der Waals surface area (Å²) < 4.78 is 4.00. The Balaban J connectivity index is 3.30. The van der Waals surface area contributed by atoms with Crippen LogP contribution in [-0.4, -0.2) is 17.1 Å². The van der Waals surface area contributed by atoms with Gasteiger partial charge in [-0.2, -0.15) is 0 Å². The monoisotopic (exact) mass is 555 g/mol. The summed E-state index contributed by atoms with van der Waals surface area (Å²) in [6.07, 6.45) is 0.223. The second-order valence-electron chi connectivity index (χ2n) is 3.20. The van der Waals surface area contributed by atoms with Crippen molar-refractivity contribution in [2.75, 3.05) is 0 Å². The predicted octanol–water partition coefficient (Wildman–Crippen LogP) is 4.45. The van der Waals surface area contributed by atoms with Crippen molar-refractivity contribution in [2.24, 2.45) is 5.73 Å². The molecule has 0 saturated carbocycles. The Labute approximate surface area is 140 Å². The highest BCUT2D eigenvalue weighted by Crippen LogP contribution is 2.44. The molecule has 0 heterocycles. The third kappa shape index (κ3) is 3.54. The van der Waals surface area contributed by atoms with E-state index in [0.29, 0.717) is 0 Å². The third-order valence-electron chi connectivity index (χ3n) is 2.04. The molecule has 0 amide bonds. The fraction of sp³-hybridized carbons (Fsp3) is 0.222. The molecule has 1 aromatic rings. The zero-order valence-corrected chi connectivity index (χ0v) is 16.0. The van der Waals surface area contributed by atoms with Crippen LogP contribution >= 0.6 is 79.6 Å². The van der Waals surface area contributed by atoms with Crippen LogP contribution in [0.25, 0.3) is 0 Å². The van der Waals surface area contributed by atoms with Crippen molar-refractivity contribution in [3.63, 3.8) is 0 Å². The molecule has 0 bridgehead atoms. The maximum Gasteiger partial charge on any atom is 0.320 e. The number of aliphatic carboxylic acids is 1. The van der Waals surface area contributed by atoms with Gasteiger partial charge in [0.1, 0.15) is 6.04 Å². The van der Waals surface area contributed by atoms with E-state index in [-0.39, 0.29) is 6.42 Å². The quantitative estimate of drug-likeness (QED) is 0.425. The summed E-state index contributed by atoms with van der Waals surface area (Å²) >= 11 is 17.1. The van der Waals surface area contributed by atoms with Crippen molar-refractivity contribution in [3.8, 4) is 0 Å². The van der Waals surface area contributed by atoms with Crippen molar-refractivity contribution in [2.45, 2.75) is 12.5 Å². The molecule has 1 aromatic carbocycles. The molecule has 8 heteroatoms. The number of rotatable bonds is 3. The number of hydrogen-bond acceptors (Lipinski definition) is 2. The summed E-state index contributed by atoms with van der Waals surface area (Å²) in [5.74, 6) is -1.03. The first-order valence-electron chi connectivity index (χ1n) is 4.26. The second-order valence-corrected chi connectivity index (χ2v) is 7.16. The van der Waals surface area contributed by atoms with Gasteiger partial charge in [0.15, 0.2) is 0 Å². The van der Waals surface area contributed by atoms with Crippen LogP contribution in [0, 0.1) is 0 Å². The summed E-state index contributed by atoms with van der Waals surface area (Å²) in [7, 11) is 0. The molecule has 17 heavy (non-hydrogen) atoms. The van der Waals surface area contributed by atoms with Gasteiger partial charge in [-0.3, -0.25) is 4.79 Å². The van der Waals surface area contributed by atoms with Crippen molar-refractivity contribution < 1.29 is 9.90 Å². The second kappa shape index (κ2) is 6.47. The van der Waals surface area contributed by atoms with Gasteiger partial charge in [0.25, 0.3) is 0 Å². The third-order valence-corrected chi connectivity index (χ3v) is 8.30. The molecule has 1 rings (SSSR count). The van der Waals surface area contributed by atoms with Crippen LogP contribution in [0.5, 0.6) is 0 Å². The number of carbonyl (C=O) groups is 1. The highest BCUT2D eigenvalue weighted by Gasteiger charge is 2.21. The Hall–Kier alpha value is 1.05. The first-order valence-corrected chi connectivity index (χ1v) is 8.22. The SMILES string of the molecule is N[C@@H](Cc1c(Br)c(Br)c(Br)c(Br)c1Br)C(=O)O. The fourth-order valence-electron chi connectivity index (χ4n) is 1.14. The normalized spacial score (nSPS) is 12.6. The molecule has 0 aliphatic rings. The maximum atomic E-state index is 10.8. The van der Waals surface area contributed by atoms with Gasteiger partial charge in [-0.05, 0) is 85.2 Å². The Bertz CT molecular complexity index is 448. The van der Waals surface area contributed by atoms with Crippen LogP contribution in [-0.2, 0) is 11.2 Å². The van der Waals surface area contributed by atoms with E-state index in [1.54, 1.807) is 0 Å². The first kappa shape index (κ1) is 16.1. The zero-order chi connectivity index (χ0) is 13.3. The van der Waals surface area contributed by atoms with Crippen LogP contribution in [0.4, 0.5) is 0 Å². The molecule has 3 nitrogen and oxygen atoms in total. The predicted molar refractivity (Wildman–Crippen MR) is 84.3 cm³/mol. The number of nitrogens with two attached hydrogens (primary N) is 1. The van der Waals surface area contributed by atoms with Crippen LogP contribution in [0.3, 0.4) is 0 Å². The molecular formula is C9H6Br5NO2. The molecule has 0 unspecified atom stereocenters. The summed E-state index contributed by atoms with van der Waals surface area (Å²) in [6, 6.07) is -0.942. The summed E-state index contributed by atoms with van der Waals surface area (Å²) in [6.45, 7) is 0. The lowest BCUT2D eigenvalue weighted by atomic mass is 10.1. The van der Waals surface area contributed by atoms with Gasteiger partial charge >= 0.3 is 5.97 Å². The highest BCUT2D eigenvalue weighted by atomic mass is 79.9. The summed E-state index contributed by atoms with van der Waals surface area (Å²) in [5, 5.41) is 8.83. The maximum absolute atomic E-state index is 10.8. The van der Waals surface area contributed by atoms with Gasteiger partial charge in [-0.15, -0.1) is 0 Å². The Morgan fingerprint density at radius 1 is 1.00 bits per heavy atom. The molecule has 94 valence electrons. The fourth-order valence-corrected chi connectivity index (χ4v) is 4.59. The van der Waals surface area contributed by atoms with Crippen LogP contribution in [0.1, 0.15) is 5.56 Å². The minimum absolute atomic E-state index is 0.223. The van der Waals surface area contributed by atoms with Gasteiger partial charge in [0.2, 0.25) is 0 Å². The van der Waals surface area contributed by atoms with Gasteiger partial charge < -0.3 is 10.8 Å². The van der Waals surface area contributed by atoms with E-state index in [0.717, 1.165) is 27.9 Å². The summed E-state index contributed by atoms with van der Waals surface area (Å²) in [4.78, 5) is 10.8. The number of hydrogen-bond donors (Lipinski definition) is 2. The smallest absolute Gasteiger partial charge is 0.320 e. The first-order chi connectivity index (χ1) is 7.77. The van der Waals surface area contributed by atoms with Crippen LogP contribution < -0.4 is 5.73 Å². The standard InChI is InChI=1S/C9H6Br5NO2/c10-4-2(1-3(15)9(16)17)5(11)7(13)8(14)6(4)12/h3H,1,15H2,(H,16,17)/t3-/m0/s1. The van der Waals surface area contributed by atoms with E-state index in [1.165, 1.54) is 0 Å². The number of carboxylic acid groups (broad SMARTS) is 1. The molecule has 0 radical (unpaired) electrons. The van der Waals surface area contributed by atoms with Gasteiger partial charge in [0.05, 0.1) is 0 Å². The molecule has 0 aliphatic heterocycles. The topological polar surface area (TPSA) is 63.3 Å². The Morgan fingerprint density at radius 2 is 1.35 bits per heavy atom. The minimum Gasteiger partial charge on any atom is -0.480 e. The molecular weight excluding hydrogens is 554 g/mol. The van der Waals surface area contributed by atoms with E-state index in [9.17, 15) is 4.79 Å². The van der Waals surface area contributed by atoms with E-state index in [4.69, 9.17) is 10.8 Å². The minimum atomic E-state index is -1.03. The molecule has 0 aliphatic carbocycles. The average Bonchev–Trinajstić information content (AvgIpc) is 2.29. The van der Waals surface area contributed by atoms with Gasteiger partial charge in [0, 0.05) is 28.8 Å².